The molecule has 0 spiro atoms. The molecule has 0 aromatic heterocycles. The topological polar surface area (TPSA) is 61.7 Å². The van der Waals surface area contributed by atoms with E-state index in [-0.39, 0.29) is 11.7 Å². The van der Waals surface area contributed by atoms with Crippen molar-refractivity contribution in [2.24, 2.45) is 4.99 Å². The number of aromatic hydroxyl groups is 1. The molecular weight excluding hydrogens is 384 g/mol. The SMILES string of the molecule is O=C(Nc1cc(N=Cc2c(O)ccc3ccccc23)ccc1Cl)c1ccccc1. The van der Waals surface area contributed by atoms with Gasteiger partial charge in [0.05, 0.1) is 16.4 Å². The van der Waals surface area contributed by atoms with Crippen LogP contribution in [0.25, 0.3) is 10.8 Å². The molecule has 29 heavy (non-hydrogen) atoms. The van der Waals surface area contributed by atoms with E-state index in [0.717, 1.165) is 10.8 Å². The van der Waals surface area contributed by atoms with E-state index in [4.69, 9.17) is 11.6 Å². The van der Waals surface area contributed by atoms with Crippen LogP contribution in [0.1, 0.15) is 15.9 Å². The molecule has 4 rings (SSSR count). The van der Waals surface area contributed by atoms with Gasteiger partial charge in [-0.3, -0.25) is 9.79 Å². The van der Waals surface area contributed by atoms with Crippen LogP contribution in [0, 0.1) is 0 Å². The first-order chi connectivity index (χ1) is 14.1. The van der Waals surface area contributed by atoms with Gasteiger partial charge in [0.2, 0.25) is 0 Å². The smallest absolute Gasteiger partial charge is 0.255 e. The molecule has 0 bridgehead atoms. The molecule has 0 atom stereocenters. The average Bonchev–Trinajstić information content (AvgIpc) is 2.75. The average molecular weight is 401 g/mol. The molecule has 0 aliphatic heterocycles. The van der Waals surface area contributed by atoms with Gasteiger partial charge in [0.1, 0.15) is 5.75 Å². The molecule has 0 aliphatic rings. The molecule has 4 aromatic rings. The second kappa shape index (κ2) is 8.17. The monoisotopic (exact) mass is 400 g/mol. The third kappa shape index (κ3) is 4.13. The fourth-order valence-corrected chi connectivity index (χ4v) is 3.20. The van der Waals surface area contributed by atoms with E-state index in [0.29, 0.717) is 27.5 Å². The van der Waals surface area contributed by atoms with Crippen LogP contribution >= 0.6 is 11.6 Å². The molecule has 0 saturated heterocycles. The Morgan fingerprint density at radius 1 is 0.931 bits per heavy atom. The van der Waals surface area contributed by atoms with Crippen molar-refractivity contribution >= 4 is 45.9 Å². The van der Waals surface area contributed by atoms with Crippen molar-refractivity contribution in [1.29, 1.82) is 0 Å². The predicted octanol–water partition coefficient (Wildman–Crippen LogP) is 6.20. The van der Waals surface area contributed by atoms with E-state index >= 15 is 0 Å². The van der Waals surface area contributed by atoms with Crippen molar-refractivity contribution < 1.29 is 9.90 Å². The molecule has 2 N–H and O–H groups in total. The van der Waals surface area contributed by atoms with E-state index in [1.807, 2.05) is 36.4 Å². The number of rotatable bonds is 4. The number of carbonyl (C=O) groups excluding carboxylic acids is 1. The zero-order valence-electron chi connectivity index (χ0n) is 15.3. The maximum absolute atomic E-state index is 12.4. The lowest BCUT2D eigenvalue weighted by Crippen LogP contribution is -2.11. The minimum atomic E-state index is -0.250. The number of hydrogen-bond donors (Lipinski definition) is 2. The number of halogens is 1. The summed E-state index contributed by atoms with van der Waals surface area (Å²) in [6, 6.07) is 25.3. The first-order valence-corrected chi connectivity index (χ1v) is 9.40. The third-order valence-corrected chi connectivity index (χ3v) is 4.85. The van der Waals surface area contributed by atoms with E-state index in [1.54, 1.807) is 54.7 Å². The van der Waals surface area contributed by atoms with Crippen molar-refractivity contribution in [2.75, 3.05) is 5.32 Å². The number of benzene rings is 4. The Labute approximate surface area is 173 Å². The Hall–Kier alpha value is -3.63. The molecule has 4 nitrogen and oxygen atoms in total. The zero-order chi connectivity index (χ0) is 20.2. The van der Waals surface area contributed by atoms with Crippen LogP contribution < -0.4 is 5.32 Å². The quantitative estimate of drug-likeness (QED) is 0.400. The van der Waals surface area contributed by atoms with E-state index in [1.165, 1.54) is 0 Å². The van der Waals surface area contributed by atoms with Gasteiger partial charge in [-0.1, -0.05) is 60.1 Å². The highest BCUT2D eigenvalue weighted by Crippen LogP contribution is 2.29. The first kappa shape index (κ1) is 18.7. The molecule has 142 valence electrons. The number of aliphatic imine (C=N–C) groups is 1. The van der Waals surface area contributed by atoms with Gasteiger partial charge in [0.15, 0.2) is 0 Å². The van der Waals surface area contributed by atoms with Crippen LogP contribution in [0.4, 0.5) is 11.4 Å². The van der Waals surface area contributed by atoms with Gasteiger partial charge in [-0.2, -0.15) is 0 Å². The second-order valence-electron chi connectivity index (χ2n) is 6.46. The van der Waals surface area contributed by atoms with Crippen molar-refractivity contribution in [3.63, 3.8) is 0 Å². The standard InChI is InChI=1S/C24H17ClN2O2/c25-21-12-11-18(14-22(21)27-24(29)17-7-2-1-3-8-17)26-15-20-19-9-5-4-6-16(19)10-13-23(20)28/h1-15,28H,(H,27,29). The number of amides is 1. The van der Waals surface area contributed by atoms with Gasteiger partial charge in [-0.25, -0.2) is 0 Å². The predicted molar refractivity (Wildman–Crippen MR) is 119 cm³/mol. The Morgan fingerprint density at radius 2 is 1.69 bits per heavy atom. The van der Waals surface area contributed by atoms with Gasteiger partial charge in [-0.05, 0) is 47.2 Å². The summed E-state index contributed by atoms with van der Waals surface area (Å²) in [5.74, 6) is -0.0978. The summed E-state index contributed by atoms with van der Waals surface area (Å²) in [6.45, 7) is 0. The largest absolute Gasteiger partial charge is 0.507 e. The molecule has 0 heterocycles. The fraction of sp³-hybridized carbons (Fsp3) is 0. The number of fused-ring (bicyclic) bond motifs is 1. The fourth-order valence-electron chi connectivity index (χ4n) is 3.03. The zero-order valence-corrected chi connectivity index (χ0v) is 16.1. The highest BCUT2D eigenvalue weighted by molar-refractivity contribution is 6.34. The lowest BCUT2D eigenvalue weighted by molar-refractivity contribution is 0.102. The van der Waals surface area contributed by atoms with Crippen molar-refractivity contribution in [1.82, 2.24) is 0 Å². The molecule has 0 saturated carbocycles. The number of anilines is 1. The summed E-state index contributed by atoms with van der Waals surface area (Å²) < 4.78 is 0. The van der Waals surface area contributed by atoms with Crippen LogP contribution in [-0.4, -0.2) is 17.2 Å². The number of phenolic OH excluding ortho intramolecular Hbond substituents is 1. The molecule has 0 unspecified atom stereocenters. The van der Waals surface area contributed by atoms with Gasteiger partial charge >= 0.3 is 0 Å². The Morgan fingerprint density at radius 3 is 2.52 bits per heavy atom. The van der Waals surface area contributed by atoms with E-state index in [2.05, 4.69) is 10.3 Å². The van der Waals surface area contributed by atoms with Gasteiger partial charge in [-0.15, -0.1) is 0 Å². The van der Waals surface area contributed by atoms with Gasteiger partial charge in [0.25, 0.3) is 5.91 Å². The Kier molecular flexibility index (Phi) is 5.27. The summed E-state index contributed by atoms with van der Waals surface area (Å²) in [5, 5.41) is 15.4. The van der Waals surface area contributed by atoms with Crippen molar-refractivity contribution in [2.45, 2.75) is 0 Å². The summed E-state index contributed by atoms with van der Waals surface area (Å²) in [7, 11) is 0. The highest BCUT2D eigenvalue weighted by Gasteiger charge is 2.09. The first-order valence-electron chi connectivity index (χ1n) is 9.02. The van der Waals surface area contributed by atoms with Crippen LogP contribution in [0.15, 0.2) is 89.9 Å². The highest BCUT2D eigenvalue weighted by atomic mass is 35.5. The Balaban J connectivity index is 1.63. The molecule has 5 heteroatoms. The number of phenols is 1. The molecule has 0 radical (unpaired) electrons. The summed E-state index contributed by atoms with van der Waals surface area (Å²) in [6.07, 6.45) is 1.61. The van der Waals surface area contributed by atoms with Crippen molar-refractivity contribution in [3.05, 3.63) is 101 Å². The molecule has 0 fully saturated rings. The minimum Gasteiger partial charge on any atom is -0.507 e. The maximum Gasteiger partial charge on any atom is 0.255 e. The van der Waals surface area contributed by atoms with E-state index in [9.17, 15) is 9.90 Å². The number of nitrogens with one attached hydrogen (secondary N) is 1. The van der Waals surface area contributed by atoms with Gasteiger partial charge < -0.3 is 10.4 Å². The van der Waals surface area contributed by atoms with Gasteiger partial charge in [0, 0.05) is 17.3 Å². The third-order valence-electron chi connectivity index (χ3n) is 4.52. The van der Waals surface area contributed by atoms with Crippen LogP contribution in [0.3, 0.4) is 0 Å². The van der Waals surface area contributed by atoms with Crippen LogP contribution in [0.2, 0.25) is 5.02 Å². The minimum absolute atomic E-state index is 0.152. The molecular formula is C24H17ClN2O2. The number of hydrogen-bond acceptors (Lipinski definition) is 3. The summed E-state index contributed by atoms with van der Waals surface area (Å²) in [4.78, 5) is 16.9. The maximum atomic E-state index is 12.4. The lowest BCUT2D eigenvalue weighted by atomic mass is 10.0. The second-order valence-corrected chi connectivity index (χ2v) is 6.87. The lowest BCUT2D eigenvalue weighted by Gasteiger charge is -2.08. The molecule has 4 aromatic carbocycles. The van der Waals surface area contributed by atoms with Crippen molar-refractivity contribution in [3.8, 4) is 5.75 Å². The summed E-state index contributed by atoms with van der Waals surface area (Å²) >= 11 is 6.24. The van der Waals surface area contributed by atoms with E-state index < -0.39 is 0 Å². The van der Waals surface area contributed by atoms with Crippen LogP contribution in [-0.2, 0) is 0 Å². The molecule has 0 aliphatic carbocycles. The Bertz CT molecular complexity index is 1220. The summed E-state index contributed by atoms with van der Waals surface area (Å²) in [5.41, 5.74) is 2.24. The normalized spacial score (nSPS) is 11.1. The number of nitrogens with zero attached hydrogens (tertiary/aromatic N) is 1. The molecule has 1 amide bonds. The number of carbonyl (C=O) groups is 1. The van der Waals surface area contributed by atoms with Crippen LogP contribution in [0.5, 0.6) is 5.75 Å².